The van der Waals surface area contributed by atoms with Crippen molar-refractivity contribution in [1.82, 2.24) is 14.9 Å². The summed E-state index contributed by atoms with van der Waals surface area (Å²) in [5.41, 5.74) is 3.76. The number of nitrogens with one attached hydrogen (secondary N) is 2. The van der Waals surface area contributed by atoms with E-state index in [1.807, 2.05) is 49.4 Å². The van der Waals surface area contributed by atoms with E-state index in [0.29, 0.717) is 5.56 Å². The second-order valence-electron chi connectivity index (χ2n) is 7.43. The van der Waals surface area contributed by atoms with E-state index >= 15 is 0 Å². The molecular formula is C24H27N3O3S. The van der Waals surface area contributed by atoms with Crippen molar-refractivity contribution in [2.45, 2.75) is 24.4 Å². The number of hydrogen-bond donors (Lipinski definition) is 2. The summed E-state index contributed by atoms with van der Waals surface area (Å²) < 4.78 is 26.1. The van der Waals surface area contributed by atoms with Crippen LogP contribution in [0.5, 0.6) is 0 Å². The smallest absolute Gasteiger partial charge is 0.315 e. The molecule has 0 fully saturated rings. The minimum Gasteiger partial charge on any atom is -0.334 e. The van der Waals surface area contributed by atoms with Crippen molar-refractivity contribution in [3.63, 3.8) is 0 Å². The predicted octanol–water partition coefficient (Wildman–Crippen LogP) is 4.16. The molecule has 1 atom stereocenters. The van der Waals surface area contributed by atoms with Crippen molar-refractivity contribution in [1.29, 1.82) is 0 Å². The maximum absolute atomic E-state index is 12.5. The van der Waals surface area contributed by atoms with Gasteiger partial charge in [0.25, 0.3) is 0 Å². The zero-order chi connectivity index (χ0) is 22.4. The Morgan fingerprint density at radius 2 is 1.45 bits per heavy atom. The van der Waals surface area contributed by atoms with Gasteiger partial charge in [-0.25, -0.2) is 17.5 Å². The van der Waals surface area contributed by atoms with Crippen LogP contribution in [0.3, 0.4) is 0 Å². The third-order valence-corrected chi connectivity index (χ3v) is 6.95. The number of carbonyl (C=O) groups excluding carboxylic acids is 1. The highest BCUT2D eigenvalue weighted by Crippen LogP contribution is 2.22. The lowest BCUT2D eigenvalue weighted by Gasteiger charge is -2.17. The molecule has 0 aliphatic carbocycles. The number of urea groups is 1. The lowest BCUT2D eigenvalue weighted by Crippen LogP contribution is -2.37. The van der Waals surface area contributed by atoms with Gasteiger partial charge in [-0.05, 0) is 35.2 Å². The summed E-state index contributed by atoms with van der Waals surface area (Å²) >= 11 is 0. The average Bonchev–Trinajstić information content (AvgIpc) is 2.78. The van der Waals surface area contributed by atoms with Crippen LogP contribution in [0.2, 0.25) is 0 Å². The summed E-state index contributed by atoms with van der Waals surface area (Å²) in [5.74, 6) is 0. The van der Waals surface area contributed by atoms with E-state index < -0.39 is 10.0 Å². The van der Waals surface area contributed by atoms with Crippen LogP contribution >= 0.6 is 0 Å². The molecule has 0 heterocycles. The number of benzene rings is 3. The standard InChI is InChI=1S/C24H27N3O3S/c1-18(19-13-15-21(16-14-19)20-9-5-4-6-10-20)26-24(28)25-17-22-11-7-8-12-23(22)31(29,30)27(2)3/h4-16,18H,17H2,1-3H3,(H2,25,26,28). The Kier molecular flexibility index (Phi) is 7.09. The molecule has 1 unspecified atom stereocenters. The SMILES string of the molecule is CC(NC(=O)NCc1ccccc1S(=O)(=O)N(C)C)c1ccc(-c2ccccc2)cc1. The van der Waals surface area contributed by atoms with Gasteiger partial charge in [-0.15, -0.1) is 0 Å². The van der Waals surface area contributed by atoms with Gasteiger partial charge in [0.2, 0.25) is 10.0 Å². The molecule has 0 saturated heterocycles. The monoisotopic (exact) mass is 437 g/mol. The van der Waals surface area contributed by atoms with Gasteiger partial charge in [0, 0.05) is 20.6 Å². The second kappa shape index (κ2) is 9.76. The Morgan fingerprint density at radius 3 is 2.10 bits per heavy atom. The van der Waals surface area contributed by atoms with Crippen LogP contribution in [0.25, 0.3) is 11.1 Å². The molecule has 0 aromatic heterocycles. The van der Waals surface area contributed by atoms with Gasteiger partial charge >= 0.3 is 6.03 Å². The molecule has 3 rings (SSSR count). The van der Waals surface area contributed by atoms with Gasteiger partial charge in [0.05, 0.1) is 10.9 Å². The third kappa shape index (κ3) is 5.51. The van der Waals surface area contributed by atoms with Gasteiger partial charge in [0.1, 0.15) is 0 Å². The van der Waals surface area contributed by atoms with Crippen LogP contribution in [0, 0.1) is 0 Å². The van der Waals surface area contributed by atoms with E-state index in [2.05, 4.69) is 22.8 Å². The van der Waals surface area contributed by atoms with E-state index in [-0.39, 0.29) is 23.5 Å². The van der Waals surface area contributed by atoms with E-state index in [1.165, 1.54) is 14.1 Å². The van der Waals surface area contributed by atoms with Gasteiger partial charge in [-0.2, -0.15) is 0 Å². The Labute approximate surface area is 184 Å². The largest absolute Gasteiger partial charge is 0.334 e. The molecule has 0 aliphatic rings. The number of carbonyl (C=O) groups is 1. The molecule has 2 N–H and O–H groups in total. The zero-order valence-electron chi connectivity index (χ0n) is 17.9. The molecule has 7 heteroatoms. The summed E-state index contributed by atoms with van der Waals surface area (Å²) in [7, 11) is -0.621. The van der Waals surface area contributed by atoms with Crippen molar-refractivity contribution in [2.24, 2.45) is 0 Å². The molecule has 0 radical (unpaired) electrons. The quantitative estimate of drug-likeness (QED) is 0.582. The van der Waals surface area contributed by atoms with E-state index in [9.17, 15) is 13.2 Å². The number of hydrogen-bond acceptors (Lipinski definition) is 3. The Hall–Kier alpha value is -3.16. The summed E-state index contributed by atoms with van der Waals surface area (Å²) in [5, 5.41) is 5.65. The van der Waals surface area contributed by atoms with Crippen molar-refractivity contribution in [3.05, 3.63) is 90.0 Å². The molecule has 6 nitrogen and oxygen atoms in total. The van der Waals surface area contributed by atoms with Crippen LogP contribution in [-0.4, -0.2) is 32.8 Å². The topological polar surface area (TPSA) is 78.5 Å². The average molecular weight is 438 g/mol. The molecule has 0 bridgehead atoms. The number of nitrogens with zero attached hydrogens (tertiary/aromatic N) is 1. The Morgan fingerprint density at radius 1 is 0.871 bits per heavy atom. The van der Waals surface area contributed by atoms with Crippen LogP contribution in [0.15, 0.2) is 83.8 Å². The molecule has 3 aromatic carbocycles. The molecule has 0 spiro atoms. The Bertz CT molecular complexity index is 1130. The first-order valence-corrected chi connectivity index (χ1v) is 11.4. The van der Waals surface area contributed by atoms with Gasteiger partial charge in [0.15, 0.2) is 0 Å². The fraction of sp³-hybridized carbons (Fsp3) is 0.208. The third-order valence-electron chi connectivity index (χ3n) is 5.04. The zero-order valence-corrected chi connectivity index (χ0v) is 18.7. The van der Waals surface area contributed by atoms with Gasteiger partial charge < -0.3 is 10.6 Å². The number of sulfonamides is 1. The fourth-order valence-corrected chi connectivity index (χ4v) is 4.32. The molecule has 31 heavy (non-hydrogen) atoms. The maximum Gasteiger partial charge on any atom is 0.315 e. The summed E-state index contributed by atoms with van der Waals surface area (Å²) in [6, 6.07) is 24.2. The molecular weight excluding hydrogens is 410 g/mol. The van der Waals surface area contributed by atoms with Crippen molar-refractivity contribution >= 4 is 16.1 Å². The van der Waals surface area contributed by atoms with E-state index in [1.54, 1.807) is 24.3 Å². The van der Waals surface area contributed by atoms with Crippen molar-refractivity contribution in [3.8, 4) is 11.1 Å². The Balaban J connectivity index is 1.62. The maximum atomic E-state index is 12.5. The number of rotatable bonds is 7. The van der Waals surface area contributed by atoms with Gasteiger partial charge in [-0.1, -0.05) is 72.8 Å². The molecule has 0 aliphatic heterocycles. The number of amides is 2. The summed E-state index contributed by atoms with van der Waals surface area (Å²) in [6.07, 6.45) is 0. The highest BCUT2D eigenvalue weighted by molar-refractivity contribution is 7.89. The van der Waals surface area contributed by atoms with Crippen molar-refractivity contribution in [2.75, 3.05) is 14.1 Å². The van der Waals surface area contributed by atoms with Gasteiger partial charge in [-0.3, -0.25) is 0 Å². The first-order chi connectivity index (χ1) is 14.8. The lowest BCUT2D eigenvalue weighted by molar-refractivity contribution is 0.237. The normalized spacial score (nSPS) is 12.4. The highest BCUT2D eigenvalue weighted by Gasteiger charge is 2.21. The summed E-state index contributed by atoms with van der Waals surface area (Å²) in [6.45, 7) is 2.01. The van der Waals surface area contributed by atoms with Crippen LogP contribution in [0.4, 0.5) is 4.79 Å². The second-order valence-corrected chi connectivity index (χ2v) is 9.55. The van der Waals surface area contributed by atoms with Crippen LogP contribution in [-0.2, 0) is 16.6 Å². The first-order valence-electron chi connectivity index (χ1n) is 9.99. The molecule has 0 saturated carbocycles. The van der Waals surface area contributed by atoms with Crippen LogP contribution < -0.4 is 10.6 Å². The summed E-state index contributed by atoms with van der Waals surface area (Å²) in [4.78, 5) is 12.6. The predicted molar refractivity (Wildman–Crippen MR) is 123 cm³/mol. The minimum atomic E-state index is -3.59. The molecule has 2 amide bonds. The minimum absolute atomic E-state index is 0.106. The van der Waals surface area contributed by atoms with E-state index in [0.717, 1.165) is 21.0 Å². The fourth-order valence-electron chi connectivity index (χ4n) is 3.20. The lowest BCUT2D eigenvalue weighted by atomic mass is 10.0. The first kappa shape index (κ1) is 22.5. The van der Waals surface area contributed by atoms with E-state index in [4.69, 9.17) is 0 Å². The highest BCUT2D eigenvalue weighted by atomic mass is 32.2. The van der Waals surface area contributed by atoms with Crippen LogP contribution in [0.1, 0.15) is 24.1 Å². The van der Waals surface area contributed by atoms with Crippen molar-refractivity contribution < 1.29 is 13.2 Å². The molecule has 3 aromatic rings. The molecule has 162 valence electrons.